The van der Waals surface area contributed by atoms with Gasteiger partial charge in [0.25, 0.3) is 0 Å². The third kappa shape index (κ3) is 33.3. The van der Waals surface area contributed by atoms with Crippen LogP contribution in [0.3, 0.4) is 0 Å². The Morgan fingerprint density at radius 3 is 0.711 bits per heavy atom. The van der Waals surface area contributed by atoms with Crippen molar-refractivity contribution in [2.75, 3.05) is 13.1 Å². The summed E-state index contributed by atoms with van der Waals surface area (Å²) >= 11 is 0. The predicted molar refractivity (Wildman–Crippen MR) is 171 cm³/mol. The molecule has 228 valence electrons. The number of rotatable bonds is 32. The quantitative estimate of drug-likeness (QED) is 0.0824. The van der Waals surface area contributed by atoms with E-state index in [1.807, 2.05) is 0 Å². The number of carbonyl (C=O) groups is 1. The highest BCUT2D eigenvalue weighted by atomic mass is 16.2. The molecule has 0 saturated heterocycles. The van der Waals surface area contributed by atoms with Crippen LogP contribution in [-0.4, -0.2) is 19.1 Å². The second-order valence-corrected chi connectivity index (χ2v) is 12.1. The molecule has 0 radical (unpaired) electrons. The van der Waals surface area contributed by atoms with Crippen LogP contribution in [0.2, 0.25) is 0 Å². The zero-order chi connectivity index (χ0) is 27.6. The van der Waals surface area contributed by atoms with Crippen molar-refractivity contribution in [3.8, 4) is 0 Å². The molecule has 0 bridgehead atoms. The smallest absolute Gasteiger partial charge is 0.314 e. The Morgan fingerprint density at radius 2 is 0.500 bits per heavy atom. The molecule has 0 aliphatic carbocycles. The molecule has 0 rings (SSSR count). The van der Waals surface area contributed by atoms with Gasteiger partial charge < -0.3 is 10.6 Å². The first-order valence-corrected chi connectivity index (χ1v) is 17.8. The average molecular weight is 537 g/mol. The summed E-state index contributed by atoms with van der Waals surface area (Å²) in [5.41, 5.74) is 0. The highest BCUT2D eigenvalue weighted by Crippen LogP contribution is 2.14. The van der Waals surface area contributed by atoms with Gasteiger partial charge in [-0.2, -0.15) is 0 Å². The van der Waals surface area contributed by atoms with Crippen molar-refractivity contribution in [3.05, 3.63) is 0 Å². The van der Waals surface area contributed by atoms with Gasteiger partial charge in [-0.25, -0.2) is 4.79 Å². The van der Waals surface area contributed by atoms with Crippen LogP contribution in [0, 0.1) is 0 Å². The van der Waals surface area contributed by atoms with Crippen LogP contribution in [-0.2, 0) is 0 Å². The van der Waals surface area contributed by atoms with E-state index in [9.17, 15) is 4.79 Å². The van der Waals surface area contributed by atoms with Crippen LogP contribution in [0.1, 0.15) is 206 Å². The summed E-state index contributed by atoms with van der Waals surface area (Å²) in [6, 6.07) is 0.0285. The lowest BCUT2D eigenvalue weighted by atomic mass is 10.0. The monoisotopic (exact) mass is 537 g/mol. The van der Waals surface area contributed by atoms with Crippen molar-refractivity contribution in [2.24, 2.45) is 0 Å². The van der Waals surface area contributed by atoms with Gasteiger partial charge in [0, 0.05) is 13.1 Å². The Balaban J connectivity index is 3.14. The van der Waals surface area contributed by atoms with Crippen LogP contribution >= 0.6 is 0 Å². The number of hydrogen-bond acceptors (Lipinski definition) is 1. The Kier molecular flexibility index (Phi) is 33.6. The molecule has 0 aromatic rings. The third-order valence-corrected chi connectivity index (χ3v) is 8.13. The maximum absolute atomic E-state index is 11.9. The lowest BCUT2D eigenvalue weighted by Crippen LogP contribution is -2.36. The molecule has 38 heavy (non-hydrogen) atoms. The van der Waals surface area contributed by atoms with Gasteiger partial charge in [-0.3, -0.25) is 0 Å². The van der Waals surface area contributed by atoms with E-state index in [1.54, 1.807) is 0 Å². The van der Waals surface area contributed by atoms with E-state index in [-0.39, 0.29) is 6.03 Å². The third-order valence-electron chi connectivity index (χ3n) is 8.13. The lowest BCUT2D eigenvalue weighted by molar-refractivity contribution is 0.240. The van der Waals surface area contributed by atoms with Crippen molar-refractivity contribution < 1.29 is 4.79 Å². The molecule has 0 fully saturated rings. The summed E-state index contributed by atoms with van der Waals surface area (Å²) in [7, 11) is 0. The normalized spacial score (nSPS) is 11.2. The second-order valence-electron chi connectivity index (χ2n) is 12.1. The van der Waals surface area contributed by atoms with Crippen molar-refractivity contribution in [2.45, 2.75) is 206 Å². The molecule has 3 nitrogen and oxygen atoms in total. The Labute approximate surface area is 240 Å². The first kappa shape index (κ1) is 37.3. The lowest BCUT2D eigenvalue weighted by Gasteiger charge is -2.08. The maximum Gasteiger partial charge on any atom is 0.314 e. The van der Waals surface area contributed by atoms with Crippen LogP contribution in [0.25, 0.3) is 0 Å². The molecule has 0 atom stereocenters. The van der Waals surface area contributed by atoms with E-state index in [2.05, 4.69) is 24.5 Å². The summed E-state index contributed by atoms with van der Waals surface area (Å²) in [4.78, 5) is 11.9. The van der Waals surface area contributed by atoms with Crippen molar-refractivity contribution >= 4 is 6.03 Å². The van der Waals surface area contributed by atoms with Gasteiger partial charge in [0.1, 0.15) is 0 Å². The summed E-state index contributed by atoms with van der Waals surface area (Å²) in [6.45, 7) is 6.23. The van der Waals surface area contributed by atoms with Crippen molar-refractivity contribution in [3.63, 3.8) is 0 Å². The van der Waals surface area contributed by atoms with Gasteiger partial charge in [0.05, 0.1) is 0 Å². The van der Waals surface area contributed by atoms with Crippen LogP contribution in [0.5, 0.6) is 0 Å². The molecular weight excluding hydrogens is 464 g/mol. The molecule has 3 heteroatoms. The van der Waals surface area contributed by atoms with E-state index in [1.165, 1.54) is 180 Å². The van der Waals surface area contributed by atoms with Gasteiger partial charge in [-0.15, -0.1) is 0 Å². The summed E-state index contributed by atoms with van der Waals surface area (Å²) in [5, 5.41) is 6.06. The molecule has 0 aliphatic rings. The van der Waals surface area contributed by atoms with Crippen LogP contribution in [0.15, 0.2) is 0 Å². The zero-order valence-corrected chi connectivity index (χ0v) is 26.5. The fourth-order valence-electron chi connectivity index (χ4n) is 5.46. The first-order chi connectivity index (χ1) is 18.8. The Hall–Kier alpha value is -0.730. The van der Waals surface area contributed by atoms with Crippen molar-refractivity contribution in [1.29, 1.82) is 0 Å². The molecule has 0 heterocycles. The fraction of sp³-hybridized carbons (Fsp3) is 0.971. The maximum atomic E-state index is 11.9. The minimum atomic E-state index is 0.0285. The van der Waals surface area contributed by atoms with E-state index in [4.69, 9.17) is 0 Å². The highest BCUT2D eigenvalue weighted by Gasteiger charge is 2.00. The molecule has 2 N–H and O–H groups in total. The van der Waals surface area contributed by atoms with E-state index < -0.39 is 0 Å². The molecule has 0 aromatic heterocycles. The van der Waals surface area contributed by atoms with Gasteiger partial charge in [0.2, 0.25) is 0 Å². The SMILES string of the molecule is CCCCCCCCCCCCCCCCCNC(=O)NCCCCCCCCCCCCCCCCC. The number of unbranched alkanes of at least 4 members (excludes halogenated alkanes) is 28. The molecular formula is C35H72N2O. The zero-order valence-electron chi connectivity index (χ0n) is 26.5. The van der Waals surface area contributed by atoms with Crippen LogP contribution in [0.4, 0.5) is 4.79 Å². The van der Waals surface area contributed by atoms with Gasteiger partial charge in [-0.05, 0) is 12.8 Å². The first-order valence-electron chi connectivity index (χ1n) is 17.8. The Morgan fingerprint density at radius 1 is 0.316 bits per heavy atom. The number of amides is 2. The topological polar surface area (TPSA) is 41.1 Å². The van der Waals surface area contributed by atoms with Gasteiger partial charge >= 0.3 is 6.03 Å². The summed E-state index contributed by atoms with van der Waals surface area (Å²) in [6.07, 6.45) is 41.4. The number of nitrogens with one attached hydrogen (secondary N) is 2. The van der Waals surface area contributed by atoms with Gasteiger partial charge in [0.15, 0.2) is 0 Å². The molecule has 0 saturated carbocycles. The molecule has 0 unspecified atom stereocenters. The minimum Gasteiger partial charge on any atom is -0.338 e. The number of carbonyl (C=O) groups excluding carboxylic acids is 1. The van der Waals surface area contributed by atoms with Gasteiger partial charge in [-0.1, -0.05) is 194 Å². The van der Waals surface area contributed by atoms with Crippen LogP contribution < -0.4 is 10.6 Å². The van der Waals surface area contributed by atoms with E-state index in [0.717, 1.165) is 25.9 Å². The van der Waals surface area contributed by atoms with E-state index in [0.29, 0.717) is 0 Å². The molecule has 0 aliphatic heterocycles. The Bertz CT molecular complexity index is 402. The largest absolute Gasteiger partial charge is 0.338 e. The van der Waals surface area contributed by atoms with E-state index >= 15 is 0 Å². The molecule has 0 spiro atoms. The summed E-state index contributed by atoms with van der Waals surface area (Å²) < 4.78 is 0. The number of hydrogen-bond donors (Lipinski definition) is 2. The predicted octanol–water partition coefficient (Wildman–Crippen LogP) is 12.0. The minimum absolute atomic E-state index is 0.0285. The number of urea groups is 1. The molecule has 2 amide bonds. The highest BCUT2D eigenvalue weighted by molar-refractivity contribution is 5.73. The second kappa shape index (κ2) is 34.3. The standard InChI is InChI=1S/C35H72N2O/c1-3-5-7-9-11-13-15-17-19-21-23-25-27-29-31-33-36-35(38)37-34-32-30-28-26-24-22-20-18-16-14-12-10-8-6-4-2/h3-34H2,1-2H3,(H2,36,37,38). The summed E-state index contributed by atoms with van der Waals surface area (Å²) in [5.74, 6) is 0. The fourth-order valence-corrected chi connectivity index (χ4v) is 5.46. The molecule has 0 aromatic carbocycles. The van der Waals surface area contributed by atoms with Crippen molar-refractivity contribution in [1.82, 2.24) is 10.6 Å². The average Bonchev–Trinajstić information content (AvgIpc) is 2.92.